The molecule has 2 N–H and O–H groups in total. The number of hydrogen-bond acceptors (Lipinski definition) is 4. The molecule has 1 saturated heterocycles. The van der Waals surface area contributed by atoms with Crippen LogP contribution in [0.5, 0.6) is 5.75 Å². The van der Waals surface area contributed by atoms with Gasteiger partial charge in [-0.1, -0.05) is 19.1 Å². The van der Waals surface area contributed by atoms with Gasteiger partial charge in [-0.25, -0.2) is 4.79 Å². The molecule has 146 valence electrons. The van der Waals surface area contributed by atoms with Crippen molar-refractivity contribution in [3.05, 3.63) is 29.8 Å². The van der Waals surface area contributed by atoms with Crippen LogP contribution in [0.15, 0.2) is 24.3 Å². The largest absolute Gasteiger partial charge is 0.497 e. The van der Waals surface area contributed by atoms with Crippen LogP contribution in [0.2, 0.25) is 0 Å². The number of benzene rings is 1. The third-order valence-corrected chi connectivity index (χ3v) is 5.02. The topological polar surface area (TPSA) is 56.8 Å². The molecule has 6 nitrogen and oxygen atoms in total. The van der Waals surface area contributed by atoms with E-state index in [4.69, 9.17) is 4.74 Å². The van der Waals surface area contributed by atoms with Gasteiger partial charge in [-0.05, 0) is 63.6 Å². The fourth-order valence-electron chi connectivity index (χ4n) is 3.54. The van der Waals surface area contributed by atoms with Crippen molar-refractivity contribution in [1.29, 1.82) is 0 Å². The fraction of sp³-hybridized carbons (Fsp3) is 0.650. The van der Waals surface area contributed by atoms with Crippen molar-refractivity contribution in [3.63, 3.8) is 0 Å². The number of amides is 2. The monoisotopic (exact) mass is 362 g/mol. The Hall–Kier alpha value is -1.79. The smallest absolute Gasteiger partial charge is 0.314 e. The first-order valence-electron chi connectivity index (χ1n) is 9.58. The minimum Gasteiger partial charge on any atom is -0.497 e. The lowest BCUT2D eigenvalue weighted by Gasteiger charge is -2.25. The molecule has 2 amide bonds. The number of nitrogens with one attached hydrogen (secondary N) is 2. The molecular formula is C20H34N4O2. The lowest BCUT2D eigenvalue weighted by atomic mass is 10.1. The predicted octanol–water partition coefficient (Wildman–Crippen LogP) is 2.33. The van der Waals surface area contributed by atoms with E-state index in [0.29, 0.717) is 12.5 Å². The second-order valence-corrected chi connectivity index (χ2v) is 7.30. The van der Waals surface area contributed by atoms with Gasteiger partial charge in [0.25, 0.3) is 0 Å². The molecule has 1 aromatic carbocycles. The standard InChI is InChI=1S/C20H34N4O2/c1-5-10-24-11-9-16(15-24)13-21-20(25)22-14-19(23(2)3)17-7-6-8-18(12-17)26-4/h6-8,12,16,19H,5,9-11,13-15H2,1-4H3,(H2,21,22,25). The normalized spacial score (nSPS) is 18.7. The van der Waals surface area contributed by atoms with E-state index in [1.807, 2.05) is 32.3 Å². The molecule has 0 bridgehead atoms. The van der Waals surface area contributed by atoms with Gasteiger partial charge in [0.15, 0.2) is 0 Å². The lowest BCUT2D eigenvalue weighted by Crippen LogP contribution is -2.42. The molecule has 0 aliphatic carbocycles. The molecule has 1 aliphatic rings. The molecule has 0 radical (unpaired) electrons. The molecule has 2 rings (SSSR count). The highest BCUT2D eigenvalue weighted by Gasteiger charge is 2.22. The zero-order valence-corrected chi connectivity index (χ0v) is 16.6. The number of ether oxygens (including phenoxy) is 1. The first-order chi connectivity index (χ1) is 12.5. The Labute approximate surface area is 157 Å². The van der Waals surface area contributed by atoms with Gasteiger partial charge in [-0.15, -0.1) is 0 Å². The molecule has 1 fully saturated rings. The Morgan fingerprint density at radius 2 is 2.19 bits per heavy atom. The summed E-state index contributed by atoms with van der Waals surface area (Å²) in [4.78, 5) is 16.8. The Morgan fingerprint density at radius 1 is 1.38 bits per heavy atom. The SMILES string of the molecule is CCCN1CCC(CNC(=O)NCC(c2cccc(OC)c2)N(C)C)C1. The van der Waals surface area contributed by atoms with Crippen LogP contribution in [0.25, 0.3) is 0 Å². The zero-order chi connectivity index (χ0) is 18.9. The Kier molecular flexibility index (Phi) is 8.19. The van der Waals surface area contributed by atoms with E-state index in [2.05, 4.69) is 33.4 Å². The number of nitrogens with zero attached hydrogens (tertiary/aromatic N) is 2. The van der Waals surface area contributed by atoms with Crippen LogP contribution in [0.4, 0.5) is 4.79 Å². The van der Waals surface area contributed by atoms with Crippen LogP contribution in [-0.4, -0.2) is 69.8 Å². The second kappa shape index (κ2) is 10.4. The van der Waals surface area contributed by atoms with E-state index >= 15 is 0 Å². The van der Waals surface area contributed by atoms with Crippen molar-refractivity contribution in [3.8, 4) is 5.75 Å². The molecule has 2 atom stereocenters. The number of likely N-dealkylation sites (N-methyl/N-ethyl adjacent to an activating group) is 1. The van der Waals surface area contributed by atoms with Crippen molar-refractivity contribution in [2.45, 2.75) is 25.8 Å². The van der Waals surface area contributed by atoms with Gasteiger partial charge in [-0.3, -0.25) is 0 Å². The van der Waals surface area contributed by atoms with E-state index in [9.17, 15) is 4.79 Å². The first-order valence-corrected chi connectivity index (χ1v) is 9.58. The van der Waals surface area contributed by atoms with Gasteiger partial charge in [0.1, 0.15) is 5.75 Å². The van der Waals surface area contributed by atoms with Gasteiger partial charge in [0, 0.05) is 19.6 Å². The minimum absolute atomic E-state index is 0.0892. The first kappa shape index (κ1) is 20.5. The number of rotatable bonds is 9. The van der Waals surface area contributed by atoms with Crippen molar-refractivity contribution in [2.75, 3.05) is 53.9 Å². The quantitative estimate of drug-likeness (QED) is 0.708. The average Bonchev–Trinajstić information content (AvgIpc) is 3.08. The van der Waals surface area contributed by atoms with Crippen LogP contribution in [-0.2, 0) is 0 Å². The summed E-state index contributed by atoms with van der Waals surface area (Å²) in [5, 5.41) is 6.05. The highest BCUT2D eigenvalue weighted by atomic mass is 16.5. The van der Waals surface area contributed by atoms with Gasteiger partial charge in [-0.2, -0.15) is 0 Å². The minimum atomic E-state index is -0.0892. The maximum Gasteiger partial charge on any atom is 0.314 e. The Morgan fingerprint density at radius 3 is 2.88 bits per heavy atom. The average molecular weight is 363 g/mol. The summed E-state index contributed by atoms with van der Waals surface area (Å²) >= 11 is 0. The van der Waals surface area contributed by atoms with E-state index in [1.165, 1.54) is 12.8 Å². The number of hydrogen-bond donors (Lipinski definition) is 2. The summed E-state index contributed by atoms with van der Waals surface area (Å²) in [5.41, 5.74) is 1.13. The number of likely N-dealkylation sites (tertiary alicyclic amines) is 1. The summed E-state index contributed by atoms with van der Waals surface area (Å²) < 4.78 is 5.31. The highest BCUT2D eigenvalue weighted by Crippen LogP contribution is 2.22. The van der Waals surface area contributed by atoms with Crippen LogP contribution >= 0.6 is 0 Å². The predicted molar refractivity (Wildman–Crippen MR) is 106 cm³/mol. The third kappa shape index (κ3) is 6.18. The van der Waals surface area contributed by atoms with Crippen LogP contribution in [0.1, 0.15) is 31.4 Å². The molecule has 1 heterocycles. The van der Waals surface area contributed by atoms with Crippen molar-refractivity contribution in [1.82, 2.24) is 20.4 Å². The number of methoxy groups -OCH3 is 1. The van der Waals surface area contributed by atoms with Gasteiger partial charge >= 0.3 is 6.03 Å². The van der Waals surface area contributed by atoms with Crippen molar-refractivity contribution < 1.29 is 9.53 Å². The van der Waals surface area contributed by atoms with E-state index in [-0.39, 0.29) is 12.1 Å². The van der Waals surface area contributed by atoms with Crippen LogP contribution in [0.3, 0.4) is 0 Å². The maximum absolute atomic E-state index is 12.2. The van der Waals surface area contributed by atoms with Crippen LogP contribution < -0.4 is 15.4 Å². The molecule has 2 unspecified atom stereocenters. The summed E-state index contributed by atoms with van der Waals surface area (Å²) in [6.45, 7) is 6.92. The maximum atomic E-state index is 12.2. The molecular weight excluding hydrogens is 328 g/mol. The van der Waals surface area contributed by atoms with Crippen molar-refractivity contribution in [2.24, 2.45) is 5.92 Å². The van der Waals surface area contributed by atoms with Gasteiger partial charge in [0.2, 0.25) is 0 Å². The molecule has 0 saturated carbocycles. The van der Waals surface area contributed by atoms with E-state index in [1.54, 1.807) is 7.11 Å². The number of carbonyl (C=O) groups excluding carboxylic acids is 1. The fourth-order valence-corrected chi connectivity index (χ4v) is 3.54. The number of carbonyl (C=O) groups is 1. The van der Waals surface area contributed by atoms with E-state index < -0.39 is 0 Å². The summed E-state index contributed by atoms with van der Waals surface area (Å²) in [7, 11) is 5.70. The molecule has 6 heteroatoms. The van der Waals surface area contributed by atoms with Crippen molar-refractivity contribution >= 4 is 6.03 Å². The number of urea groups is 1. The third-order valence-electron chi connectivity index (χ3n) is 5.02. The van der Waals surface area contributed by atoms with Gasteiger partial charge < -0.3 is 25.2 Å². The summed E-state index contributed by atoms with van der Waals surface area (Å²) in [6, 6.07) is 8.00. The lowest BCUT2D eigenvalue weighted by molar-refractivity contribution is 0.230. The van der Waals surface area contributed by atoms with E-state index in [0.717, 1.165) is 37.5 Å². The molecule has 0 aromatic heterocycles. The zero-order valence-electron chi connectivity index (χ0n) is 16.6. The van der Waals surface area contributed by atoms with Gasteiger partial charge in [0.05, 0.1) is 13.2 Å². The molecule has 0 spiro atoms. The molecule has 1 aliphatic heterocycles. The summed E-state index contributed by atoms with van der Waals surface area (Å²) in [5.74, 6) is 1.40. The molecule has 1 aromatic rings. The Balaban J connectivity index is 1.78. The summed E-state index contributed by atoms with van der Waals surface area (Å²) in [6.07, 6.45) is 2.36. The highest BCUT2D eigenvalue weighted by molar-refractivity contribution is 5.73. The molecule has 26 heavy (non-hydrogen) atoms. The Bertz CT molecular complexity index is 564. The van der Waals surface area contributed by atoms with Crippen LogP contribution in [0, 0.1) is 5.92 Å². The second-order valence-electron chi connectivity index (χ2n) is 7.30.